The third-order valence-electron chi connectivity index (χ3n) is 1.94. The molecule has 1 rings (SSSR count). The maximum atomic E-state index is 5.63. The number of anilines is 1. The van der Waals surface area contributed by atoms with E-state index in [-0.39, 0.29) is 0 Å². The second-order valence-corrected chi connectivity index (χ2v) is 3.33. The molecule has 0 fully saturated rings. The SMILES string of the molecule is CCN(N)C(=S)Nc1ccc(OC)cc1. The summed E-state index contributed by atoms with van der Waals surface area (Å²) in [5, 5.41) is 4.99. The van der Waals surface area contributed by atoms with Crippen molar-refractivity contribution in [1.29, 1.82) is 0 Å². The molecule has 3 N–H and O–H groups in total. The second-order valence-electron chi connectivity index (χ2n) is 2.94. The fourth-order valence-electron chi connectivity index (χ4n) is 1.01. The van der Waals surface area contributed by atoms with Gasteiger partial charge in [-0.05, 0) is 43.4 Å². The first-order valence-corrected chi connectivity index (χ1v) is 5.05. The lowest BCUT2D eigenvalue weighted by molar-refractivity contribution is 0.415. The first kappa shape index (κ1) is 11.7. The van der Waals surface area contributed by atoms with Crippen molar-refractivity contribution in [3.63, 3.8) is 0 Å². The Labute approximate surface area is 95.0 Å². The Morgan fingerprint density at radius 3 is 2.53 bits per heavy atom. The zero-order valence-corrected chi connectivity index (χ0v) is 9.67. The largest absolute Gasteiger partial charge is 0.497 e. The Kier molecular flexibility index (Phi) is 4.33. The van der Waals surface area contributed by atoms with Crippen LogP contribution in [0.3, 0.4) is 0 Å². The molecule has 0 amide bonds. The van der Waals surface area contributed by atoms with Crippen LogP contribution in [0.1, 0.15) is 6.92 Å². The van der Waals surface area contributed by atoms with Crippen LogP contribution < -0.4 is 15.9 Å². The summed E-state index contributed by atoms with van der Waals surface area (Å²) in [5.74, 6) is 6.44. The van der Waals surface area contributed by atoms with E-state index in [0.29, 0.717) is 11.7 Å². The van der Waals surface area contributed by atoms with Crippen molar-refractivity contribution in [2.45, 2.75) is 6.92 Å². The molecule has 5 heteroatoms. The minimum Gasteiger partial charge on any atom is -0.497 e. The molecule has 1 aromatic rings. The van der Waals surface area contributed by atoms with E-state index in [1.54, 1.807) is 7.11 Å². The predicted octanol–water partition coefficient (Wildman–Crippen LogP) is 1.59. The number of hydrazine groups is 1. The average molecular weight is 225 g/mol. The molecule has 0 aliphatic rings. The highest BCUT2D eigenvalue weighted by atomic mass is 32.1. The van der Waals surface area contributed by atoms with Gasteiger partial charge in [-0.1, -0.05) is 0 Å². The zero-order valence-electron chi connectivity index (χ0n) is 8.86. The van der Waals surface area contributed by atoms with Crippen LogP contribution in [0.4, 0.5) is 5.69 Å². The molecular weight excluding hydrogens is 210 g/mol. The Morgan fingerprint density at radius 1 is 1.47 bits per heavy atom. The molecule has 0 aromatic heterocycles. The van der Waals surface area contributed by atoms with Gasteiger partial charge in [0.25, 0.3) is 0 Å². The second kappa shape index (κ2) is 5.53. The summed E-state index contributed by atoms with van der Waals surface area (Å²) in [6, 6.07) is 7.48. The standard InChI is InChI=1S/C10H15N3OS/c1-3-13(11)10(15)12-8-4-6-9(14-2)7-5-8/h4-7H,3,11H2,1-2H3,(H,12,15). The molecule has 0 aliphatic carbocycles. The number of nitrogens with one attached hydrogen (secondary N) is 1. The Hall–Kier alpha value is -1.33. The first-order chi connectivity index (χ1) is 7.17. The van der Waals surface area contributed by atoms with Crippen molar-refractivity contribution in [1.82, 2.24) is 5.01 Å². The van der Waals surface area contributed by atoms with Gasteiger partial charge in [-0.3, -0.25) is 5.01 Å². The highest BCUT2D eigenvalue weighted by Gasteiger charge is 2.02. The third kappa shape index (κ3) is 3.38. The summed E-state index contributed by atoms with van der Waals surface area (Å²) in [6.45, 7) is 2.60. The van der Waals surface area contributed by atoms with Crippen LogP contribution in [0.25, 0.3) is 0 Å². The van der Waals surface area contributed by atoms with Gasteiger partial charge in [-0.25, -0.2) is 5.84 Å². The fraction of sp³-hybridized carbons (Fsp3) is 0.300. The quantitative estimate of drug-likeness (QED) is 0.465. The molecule has 0 aliphatic heterocycles. The van der Waals surface area contributed by atoms with E-state index in [1.807, 2.05) is 31.2 Å². The number of hydrogen-bond acceptors (Lipinski definition) is 3. The molecule has 15 heavy (non-hydrogen) atoms. The van der Waals surface area contributed by atoms with Crippen LogP contribution >= 0.6 is 12.2 Å². The van der Waals surface area contributed by atoms with Crippen LogP contribution in [0.15, 0.2) is 24.3 Å². The molecular formula is C10H15N3OS. The van der Waals surface area contributed by atoms with Crippen molar-refractivity contribution < 1.29 is 4.74 Å². The summed E-state index contributed by atoms with van der Waals surface area (Å²) in [7, 11) is 1.63. The van der Waals surface area contributed by atoms with E-state index in [9.17, 15) is 0 Å². The topological polar surface area (TPSA) is 50.5 Å². The molecule has 0 spiro atoms. The molecule has 0 heterocycles. The number of nitrogens with zero attached hydrogens (tertiary/aromatic N) is 1. The maximum Gasteiger partial charge on any atom is 0.187 e. The van der Waals surface area contributed by atoms with Crippen LogP contribution in [-0.2, 0) is 0 Å². The highest BCUT2D eigenvalue weighted by Crippen LogP contribution is 2.15. The van der Waals surface area contributed by atoms with Crippen molar-refractivity contribution in [2.75, 3.05) is 19.0 Å². The molecule has 4 nitrogen and oxygen atoms in total. The smallest absolute Gasteiger partial charge is 0.187 e. The molecule has 0 saturated carbocycles. The number of ether oxygens (including phenoxy) is 1. The molecule has 1 aromatic carbocycles. The number of rotatable bonds is 3. The average Bonchev–Trinajstić information content (AvgIpc) is 2.29. The summed E-state index contributed by atoms with van der Waals surface area (Å²) < 4.78 is 5.05. The molecule has 0 unspecified atom stereocenters. The summed E-state index contributed by atoms with van der Waals surface area (Å²) in [4.78, 5) is 0. The van der Waals surface area contributed by atoms with E-state index in [0.717, 1.165) is 11.4 Å². The Balaban J connectivity index is 2.61. The number of methoxy groups -OCH3 is 1. The molecule has 0 radical (unpaired) electrons. The van der Waals surface area contributed by atoms with Gasteiger partial charge in [0.15, 0.2) is 5.11 Å². The molecule has 0 saturated heterocycles. The normalized spacial score (nSPS) is 9.53. The first-order valence-electron chi connectivity index (χ1n) is 4.64. The lowest BCUT2D eigenvalue weighted by atomic mass is 10.3. The van der Waals surface area contributed by atoms with Crippen molar-refractivity contribution in [3.8, 4) is 5.75 Å². The van der Waals surface area contributed by atoms with Gasteiger partial charge in [0.1, 0.15) is 5.75 Å². The van der Waals surface area contributed by atoms with E-state index in [2.05, 4.69) is 5.32 Å². The van der Waals surface area contributed by atoms with Crippen LogP contribution in [0.5, 0.6) is 5.75 Å². The van der Waals surface area contributed by atoms with Crippen LogP contribution in [-0.4, -0.2) is 23.8 Å². The predicted molar refractivity (Wildman–Crippen MR) is 65.8 cm³/mol. The van der Waals surface area contributed by atoms with Gasteiger partial charge in [-0.15, -0.1) is 0 Å². The van der Waals surface area contributed by atoms with Gasteiger partial charge < -0.3 is 10.1 Å². The van der Waals surface area contributed by atoms with Gasteiger partial charge in [0.05, 0.1) is 7.11 Å². The summed E-state index contributed by atoms with van der Waals surface area (Å²) >= 11 is 5.08. The summed E-state index contributed by atoms with van der Waals surface area (Å²) in [5.41, 5.74) is 0.893. The van der Waals surface area contributed by atoms with Crippen molar-refractivity contribution in [2.24, 2.45) is 5.84 Å². The monoisotopic (exact) mass is 225 g/mol. The van der Waals surface area contributed by atoms with Crippen LogP contribution in [0, 0.1) is 0 Å². The summed E-state index contributed by atoms with van der Waals surface area (Å²) in [6.07, 6.45) is 0. The van der Waals surface area contributed by atoms with Crippen molar-refractivity contribution in [3.05, 3.63) is 24.3 Å². The van der Waals surface area contributed by atoms with Gasteiger partial charge in [0.2, 0.25) is 0 Å². The fourth-order valence-corrected chi connectivity index (χ4v) is 1.26. The van der Waals surface area contributed by atoms with E-state index >= 15 is 0 Å². The minimum absolute atomic E-state index is 0.502. The van der Waals surface area contributed by atoms with E-state index < -0.39 is 0 Å². The van der Waals surface area contributed by atoms with Gasteiger partial charge in [-0.2, -0.15) is 0 Å². The number of nitrogens with two attached hydrogens (primary N) is 1. The Bertz CT molecular complexity index is 326. The van der Waals surface area contributed by atoms with Crippen molar-refractivity contribution >= 4 is 23.0 Å². The number of benzene rings is 1. The maximum absolute atomic E-state index is 5.63. The lowest BCUT2D eigenvalue weighted by Crippen LogP contribution is -2.40. The Morgan fingerprint density at radius 2 is 2.07 bits per heavy atom. The van der Waals surface area contributed by atoms with E-state index in [4.69, 9.17) is 22.8 Å². The molecule has 0 atom stereocenters. The minimum atomic E-state index is 0.502. The number of hydrogen-bond donors (Lipinski definition) is 2. The molecule has 82 valence electrons. The van der Waals surface area contributed by atoms with E-state index in [1.165, 1.54) is 5.01 Å². The van der Waals surface area contributed by atoms with Gasteiger partial charge >= 0.3 is 0 Å². The molecule has 0 bridgehead atoms. The van der Waals surface area contributed by atoms with Gasteiger partial charge in [0, 0.05) is 12.2 Å². The third-order valence-corrected chi connectivity index (χ3v) is 2.28. The van der Waals surface area contributed by atoms with Crippen LogP contribution in [0.2, 0.25) is 0 Å². The zero-order chi connectivity index (χ0) is 11.3. The highest BCUT2D eigenvalue weighted by molar-refractivity contribution is 7.80. The lowest BCUT2D eigenvalue weighted by Gasteiger charge is -2.18. The number of thiocarbonyl (C=S) groups is 1.